The molecule has 0 N–H and O–H groups in total. The first-order chi connectivity index (χ1) is 8.61. The van der Waals surface area contributed by atoms with Crippen molar-refractivity contribution in [2.45, 2.75) is 24.9 Å². The van der Waals surface area contributed by atoms with E-state index in [1.807, 2.05) is 0 Å². The summed E-state index contributed by atoms with van der Waals surface area (Å²) < 4.78 is 66.4. The molecule has 9 heteroatoms. The Kier molecular flexibility index (Phi) is 4.36. The van der Waals surface area contributed by atoms with Crippen LogP contribution in [0, 0.1) is 5.92 Å². The highest BCUT2D eigenvalue weighted by molar-refractivity contribution is 5.85. The minimum atomic E-state index is -5.94. The minimum Gasteiger partial charge on any atom is -0.469 e. The van der Waals surface area contributed by atoms with E-state index in [2.05, 4.69) is 4.74 Å². The van der Waals surface area contributed by atoms with Gasteiger partial charge in [0.25, 0.3) is 0 Å². The molecule has 0 aliphatic carbocycles. The SMILES string of the molecule is COC(=O)C1CCCN(C(=O)C(F)(F)C(F)(F)F)C1. The van der Waals surface area contributed by atoms with Gasteiger partial charge < -0.3 is 9.64 Å². The van der Waals surface area contributed by atoms with Gasteiger partial charge in [-0.1, -0.05) is 0 Å². The third-order valence-electron chi connectivity index (χ3n) is 2.87. The van der Waals surface area contributed by atoms with Gasteiger partial charge >= 0.3 is 24.0 Å². The predicted octanol–water partition coefficient (Wildman–Crippen LogP) is 1.60. The molecule has 0 aromatic carbocycles. The zero-order chi connectivity index (χ0) is 14.8. The largest absolute Gasteiger partial charge is 0.469 e. The van der Waals surface area contributed by atoms with Crippen molar-refractivity contribution in [3.8, 4) is 0 Å². The van der Waals surface area contributed by atoms with Crippen LogP contribution in [0.15, 0.2) is 0 Å². The van der Waals surface area contributed by atoms with Crippen molar-refractivity contribution in [2.75, 3.05) is 20.2 Å². The number of hydrogen-bond acceptors (Lipinski definition) is 3. The van der Waals surface area contributed by atoms with Gasteiger partial charge in [-0.05, 0) is 12.8 Å². The number of methoxy groups -OCH3 is 1. The molecule has 0 spiro atoms. The Labute approximate surface area is 105 Å². The van der Waals surface area contributed by atoms with E-state index in [4.69, 9.17) is 0 Å². The number of halogens is 5. The maximum Gasteiger partial charge on any atom is 0.463 e. The molecule has 0 aromatic rings. The number of carbonyl (C=O) groups is 2. The summed E-state index contributed by atoms with van der Waals surface area (Å²) in [7, 11) is 1.08. The second-order valence-electron chi connectivity index (χ2n) is 4.19. The topological polar surface area (TPSA) is 46.6 Å². The van der Waals surface area contributed by atoms with Crippen LogP contribution >= 0.6 is 0 Å². The standard InChI is InChI=1S/C10H12F5NO3/c1-19-7(17)6-3-2-4-16(5-6)8(18)9(11,12)10(13,14)15/h6H,2-5H2,1H3. The summed E-state index contributed by atoms with van der Waals surface area (Å²) in [5, 5.41) is 0. The molecule has 1 aliphatic rings. The van der Waals surface area contributed by atoms with Crippen molar-refractivity contribution in [2.24, 2.45) is 5.92 Å². The molecule has 1 amide bonds. The average Bonchev–Trinajstić information content (AvgIpc) is 2.35. The molecule has 1 rings (SSSR count). The third-order valence-corrected chi connectivity index (χ3v) is 2.87. The molecule has 1 heterocycles. The Morgan fingerprint density at radius 2 is 1.79 bits per heavy atom. The van der Waals surface area contributed by atoms with Crippen LogP contribution in [0.1, 0.15) is 12.8 Å². The monoisotopic (exact) mass is 289 g/mol. The summed E-state index contributed by atoms with van der Waals surface area (Å²) in [6, 6.07) is 0. The van der Waals surface area contributed by atoms with Gasteiger partial charge in [-0.15, -0.1) is 0 Å². The molecule has 0 bridgehead atoms. The van der Waals surface area contributed by atoms with Gasteiger partial charge in [-0.3, -0.25) is 9.59 Å². The van der Waals surface area contributed by atoms with Crippen LogP contribution in [-0.4, -0.2) is 49.1 Å². The molecule has 4 nitrogen and oxygen atoms in total. The number of ether oxygens (including phenoxy) is 1. The van der Waals surface area contributed by atoms with Gasteiger partial charge in [0.1, 0.15) is 0 Å². The van der Waals surface area contributed by atoms with Gasteiger partial charge in [0.2, 0.25) is 0 Å². The van der Waals surface area contributed by atoms with Gasteiger partial charge in [-0.2, -0.15) is 22.0 Å². The molecule has 110 valence electrons. The molecule has 0 saturated carbocycles. The number of carbonyl (C=O) groups excluding carboxylic acids is 2. The maximum atomic E-state index is 12.9. The highest BCUT2D eigenvalue weighted by atomic mass is 19.4. The Morgan fingerprint density at radius 3 is 2.26 bits per heavy atom. The molecular formula is C10H12F5NO3. The second kappa shape index (κ2) is 5.30. The quantitative estimate of drug-likeness (QED) is 0.573. The fraction of sp³-hybridized carbons (Fsp3) is 0.800. The lowest BCUT2D eigenvalue weighted by atomic mass is 9.97. The number of alkyl halides is 5. The number of rotatable bonds is 2. The van der Waals surface area contributed by atoms with Crippen molar-refractivity contribution in [1.29, 1.82) is 0 Å². The van der Waals surface area contributed by atoms with E-state index < -0.39 is 36.4 Å². The summed E-state index contributed by atoms with van der Waals surface area (Å²) >= 11 is 0. The van der Waals surface area contributed by atoms with E-state index in [-0.39, 0.29) is 19.4 Å². The fourth-order valence-electron chi connectivity index (χ4n) is 1.84. The van der Waals surface area contributed by atoms with Crippen LogP contribution in [0.25, 0.3) is 0 Å². The molecule has 1 aliphatic heterocycles. The lowest BCUT2D eigenvalue weighted by Crippen LogP contribution is -2.55. The van der Waals surface area contributed by atoms with Gasteiger partial charge in [0, 0.05) is 13.1 Å². The number of esters is 1. The second-order valence-corrected chi connectivity index (χ2v) is 4.19. The van der Waals surface area contributed by atoms with E-state index in [0.29, 0.717) is 4.90 Å². The average molecular weight is 289 g/mol. The summed E-state index contributed by atoms with van der Waals surface area (Å²) in [6.07, 6.45) is -5.49. The molecule has 0 radical (unpaired) electrons. The number of nitrogens with zero attached hydrogens (tertiary/aromatic N) is 1. The Morgan fingerprint density at radius 1 is 1.21 bits per heavy atom. The molecule has 1 atom stereocenters. The lowest BCUT2D eigenvalue weighted by molar-refractivity contribution is -0.274. The molecule has 19 heavy (non-hydrogen) atoms. The normalized spacial score (nSPS) is 21.2. The minimum absolute atomic E-state index is 0.166. The smallest absolute Gasteiger partial charge is 0.463 e. The van der Waals surface area contributed by atoms with Crippen molar-refractivity contribution < 1.29 is 36.3 Å². The van der Waals surface area contributed by atoms with Crippen LogP contribution < -0.4 is 0 Å². The van der Waals surface area contributed by atoms with Crippen LogP contribution in [0.2, 0.25) is 0 Å². The third kappa shape index (κ3) is 3.13. The van der Waals surface area contributed by atoms with E-state index in [9.17, 15) is 31.5 Å². The number of amides is 1. The first-order valence-corrected chi connectivity index (χ1v) is 5.43. The van der Waals surface area contributed by atoms with E-state index >= 15 is 0 Å². The molecule has 1 unspecified atom stereocenters. The van der Waals surface area contributed by atoms with Crippen LogP contribution in [0.5, 0.6) is 0 Å². The van der Waals surface area contributed by atoms with Gasteiger partial charge in [0.05, 0.1) is 13.0 Å². The van der Waals surface area contributed by atoms with E-state index in [1.54, 1.807) is 0 Å². The zero-order valence-electron chi connectivity index (χ0n) is 9.97. The summed E-state index contributed by atoms with van der Waals surface area (Å²) in [5.41, 5.74) is 0. The first kappa shape index (κ1) is 15.6. The van der Waals surface area contributed by atoms with Crippen molar-refractivity contribution in [1.82, 2.24) is 4.90 Å². The maximum absolute atomic E-state index is 12.9. The molecule has 1 saturated heterocycles. The Balaban J connectivity index is 2.80. The molecule has 0 aromatic heterocycles. The predicted molar refractivity (Wildman–Crippen MR) is 52.3 cm³/mol. The van der Waals surface area contributed by atoms with E-state index in [1.165, 1.54) is 0 Å². The van der Waals surface area contributed by atoms with Crippen LogP contribution in [0.3, 0.4) is 0 Å². The molecular weight excluding hydrogens is 277 g/mol. The van der Waals surface area contributed by atoms with Gasteiger partial charge in [-0.25, -0.2) is 0 Å². The van der Waals surface area contributed by atoms with Crippen molar-refractivity contribution in [3.63, 3.8) is 0 Å². The zero-order valence-corrected chi connectivity index (χ0v) is 9.97. The molecule has 1 fully saturated rings. The van der Waals surface area contributed by atoms with Crippen molar-refractivity contribution >= 4 is 11.9 Å². The van der Waals surface area contributed by atoms with Crippen LogP contribution in [-0.2, 0) is 14.3 Å². The first-order valence-electron chi connectivity index (χ1n) is 5.43. The summed E-state index contributed by atoms with van der Waals surface area (Å²) in [4.78, 5) is 22.8. The Hall–Kier alpha value is -1.41. The number of piperidine rings is 1. The lowest BCUT2D eigenvalue weighted by Gasteiger charge is -2.33. The number of likely N-dealkylation sites (tertiary alicyclic amines) is 1. The van der Waals surface area contributed by atoms with Crippen LogP contribution in [0.4, 0.5) is 22.0 Å². The highest BCUT2D eigenvalue weighted by Crippen LogP contribution is 2.37. The van der Waals surface area contributed by atoms with E-state index in [0.717, 1.165) is 7.11 Å². The summed E-state index contributed by atoms with van der Waals surface area (Å²) in [5.74, 6) is -9.36. The Bertz CT molecular complexity index is 369. The van der Waals surface area contributed by atoms with Crippen molar-refractivity contribution in [3.05, 3.63) is 0 Å². The van der Waals surface area contributed by atoms with Gasteiger partial charge in [0.15, 0.2) is 0 Å². The number of hydrogen-bond donors (Lipinski definition) is 0. The highest BCUT2D eigenvalue weighted by Gasteiger charge is 2.64. The summed E-state index contributed by atoms with van der Waals surface area (Å²) in [6.45, 7) is -0.727. The fourth-order valence-corrected chi connectivity index (χ4v) is 1.84.